The summed E-state index contributed by atoms with van der Waals surface area (Å²) in [6, 6.07) is 10.5. The van der Waals surface area contributed by atoms with Crippen molar-refractivity contribution in [1.82, 2.24) is 25.1 Å². The summed E-state index contributed by atoms with van der Waals surface area (Å²) in [4.78, 5) is 14.6. The van der Waals surface area contributed by atoms with E-state index >= 15 is 0 Å². The molecule has 0 atom stereocenters. The van der Waals surface area contributed by atoms with E-state index in [-0.39, 0.29) is 5.91 Å². The van der Waals surface area contributed by atoms with Crippen LogP contribution >= 0.6 is 11.8 Å². The number of thioether (sulfide) groups is 1. The van der Waals surface area contributed by atoms with Crippen LogP contribution in [0.5, 0.6) is 0 Å². The lowest BCUT2D eigenvalue weighted by molar-refractivity contribution is -0.129. The predicted octanol–water partition coefficient (Wildman–Crippen LogP) is 3.32. The molecule has 0 radical (unpaired) electrons. The second kappa shape index (κ2) is 8.99. The van der Waals surface area contributed by atoms with E-state index in [4.69, 9.17) is 0 Å². The molecule has 1 heterocycles. The van der Waals surface area contributed by atoms with Crippen LogP contribution in [0.4, 0.5) is 0 Å². The third kappa shape index (κ3) is 4.81. The smallest absolute Gasteiger partial charge is 0.233 e. The Morgan fingerprint density at radius 3 is 2.76 bits per heavy atom. The van der Waals surface area contributed by atoms with Crippen molar-refractivity contribution >= 4 is 17.7 Å². The number of tetrazole rings is 1. The fourth-order valence-electron chi connectivity index (χ4n) is 3.24. The van der Waals surface area contributed by atoms with E-state index in [1.54, 1.807) is 0 Å². The van der Waals surface area contributed by atoms with Crippen molar-refractivity contribution < 1.29 is 4.79 Å². The van der Waals surface area contributed by atoms with Crippen molar-refractivity contribution in [2.45, 2.75) is 56.8 Å². The predicted molar refractivity (Wildman–Crippen MR) is 98.2 cm³/mol. The van der Waals surface area contributed by atoms with E-state index < -0.39 is 0 Å². The summed E-state index contributed by atoms with van der Waals surface area (Å²) < 4.78 is 1.91. The summed E-state index contributed by atoms with van der Waals surface area (Å²) in [6.07, 6.45) is 5.66. The molecule has 134 valence electrons. The molecule has 7 heteroatoms. The van der Waals surface area contributed by atoms with Gasteiger partial charge in [0.05, 0.1) is 11.8 Å². The van der Waals surface area contributed by atoms with Crippen molar-refractivity contribution in [2.75, 3.05) is 12.3 Å². The lowest BCUT2D eigenvalue weighted by Gasteiger charge is -2.22. The van der Waals surface area contributed by atoms with Crippen LogP contribution in [0.25, 0.3) is 0 Å². The maximum absolute atomic E-state index is 12.7. The maximum atomic E-state index is 12.7. The molecule has 25 heavy (non-hydrogen) atoms. The molecule has 0 bridgehead atoms. The Kier molecular flexibility index (Phi) is 6.44. The highest BCUT2D eigenvalue weighted by atomic mass is 32.2. The molecule has 0 N–H and O–H groups in total. The number of nitrogens with zero attached hydrogens (tertiary/aromatic N) is 5. The summed E-state index contributed by atoms with van der Waals surface area (Å²) in [5.74, 6) is 0.511. The Morgan fingerprint density at radius 2 is 2.04 bits per heavy atom. The molecule has 1 fully saturated rings. The second-order valence-corrected chi connectivity index (χ2v) is 7.38. The molecule has 2 aromatic rings. The highest BCUT2D eigenvalue weighted by Crippen LogP contribution is 2.31. The molecular formula is C18H25N5OS. The first kappa shape index (κ1) is 17.9. The molecule has 0 spiro atoms. The monoisotopic (exact) mass is 359 g/mol. The molecule has 1 amide bonds. The Bertz CT molecular complexity index is 669. The first-order chi connectivity index (χ1) is 12.3. The zero-order valence-electron chi connectivity index (χ0n) is 14.7. The van der Waals surface area contributed by atoms with Crippen LogP contribution in [0.1, 0.15) is 50.6 Å². The average Bonchev–Trinajstić information content (AvgIpc) is 3.31. The molecule has 1 aliphatic carbocycles. The van der Waals surface area contributed by atoms with E-state index in [1.807, 2.05) is 27.8 Å². The van der Waals surface area contributed by atoms with Crippen LogP contribution in [0, 0.1) is 0 Å². The van der Waals surface area contributed by atoms with Gasteiger partial charge in [0.25, 0.3) is 0 Å². The van der Waals surface area contributed by atoms with Crippen LogP contribution in [0.15, 0.2) is 35.5 Å². The molecule has 1 aliphatic rings. The fourth-order valence-corrected chi connectivity index (χ4v) is 4.09. The van der Waals surface area contributed by atoms with Crippen LogP contribution in [0.2, 0.25) is 0 Å². The number of amides is 1. The largest absolute Gasteiger partial charge is 0.338 e. The van der Waals surface area contributed by atoms with Gasteiger partial charge in [0.15, 0.2) is 0 Å². The van der Waals surface area contributed by atoms with E-state index in [0.29, 0.717) is 18.3 Å². The molecule has 1 aromatic heterocycles. The SMILES string of the molecule is CCCN(Cc1ccccc1)C(=O)CSc1nnnn1C1CCCC1. The molecule has 1 aromatic carbocycles. The van der Waals surface area contributed by atoms with Crippen molar-refractivity contribution in [3.8, 4) is 0 Å². The number of benzene rings is 1. The lowest BCUT2D eigenvalue weighted by Crippen LogP contribution is -2.32. The Balaban J connectivity index is 1.59. The summed E-state index contributed by atoms with van der Waals surface area (Å²) in [7, 11) is 0. The molecule has 1 saturated carbocycles. The summed E-state index contributed by atoms with van der Waals surface area (Å²) in [5.41, 5.74) is 1.16. The van der Waals surface area contributed by atoms with Gasteiger partial charge >= 0.3 is 0 Å². The van der Waals surface area contributed by atoms with Crippen molar-refractivity contribution in [3.05, 3.63) is 35.9 Å². The minimum absolute atomic E-state index is 0.136. The molecular weight excluding hydrogens is 334 g/mol. The molecule has 0 unspecified atom stereocenters. The number of aromatic nitrogens is 4. The number of hydrogen-bond donors (Lipinski definition) is 0. The van der Waals surface area contributed by atoms with Gasteiger partial charge in [0.1, 0.15) is 0 Å². The number of carbonyl (C=O) groups is 1. The number of rotatable bonds is 8. The molecule has 6 nitrogen and oxygen atoms in total. The van der Waals surface area contributed by atoms with Gasteiger partial charge in [-0.05, 0) is 35.3 Å². The van der Waals surface area contributed by atoms with Gasteiger partial charge < -0.3 is 4.90 Å². The van der Waals surface area contributed by atoms with Crippen molar-refractivity contribution in [1.29, 1.82) is 0 Å². The van der Waals surface area contributed by atoms with Crippen LogP contribution < -0.4 is 0 Å². The third-order valence-corrected chi connectivity index (χ3v) is 5.44. The van der Waals surface area contributed by atoms with Crippen LogP contribution in [-0.4, -0.2) is 43.3 Å². The standard InChI is InChI=1S/C18H25N5OS/c1-2-12-22(13-15-8-4-3-5-9-15)17(24)14-25-18-19-20-21-23(18)16-10-6-7-11-16/h3-5,8-9,16H,2,6-7,10-14H2,1H3. The van der Waals surface area contributed by atoms with E-state index in [0.717, 1.165) is 36.5 Å². The van der Waals surface area contributed by atoms with Gasteiger partial charge in [0, 0.05) is 13.1 Å². The maximum Gasteiger partial charge on any atom is 0.233 e. The van der Waals surface area contributed by atoms with Gasteiger partial charge in [-0.2, -0.15) is 0 Å². The number of carbonyl (C=O) groups excluding carboxylic acids is 1. The highest BCUT2D eigenvalue weighted by Gasteiger charge is 2.22. The molecule has 0 saturated heterocycles. The minimum atomic E-state index is 0.136. The number of hydrogen-bond acceptors (Lipinski definition) is 5. The normalized spacial score (nSPS) is 14.8. The van der Waals surface area contributed by atoms with Gasteiger partial charge in [0.2, 0.25) is 11.1 Å². The highest BCUT2D eigenvalue weighted by molar-refractivity contribution is 7.99. The Labute approximate surface area is 153 Å². The van der Waals surface area contributed by atoms with Crippen molar-refractivity contribution in [3.63, 3.8) is 0 Å². The quantitative estimate of drug-likeness (QED) is 0.677. The van der Waals surface area contributed by atoms with E-state index in [9.17, 15) is 4.79 Å². The fraction of sp³-hybridized carbons (Fsp3) is 0.556. The first-order valence-corrected chi connectivity index (χ1v) is 9.99. The molecule has 3 rings (SSSR count). The van der Waals surface area contributed by atoms with Gasteiger partial charge in [-0.1, -0.05) is 61.9 Å². The lowest BCUT2D eigenvalue weighted by atomic mass is 10.2. The minimum Gasteiger partial charge on any atom is -0.338 e. The van der Waals surface area contributed by atoms with Crippen LogP contribution in [-0.2, 0) is 11.3 Å². The summed E-state index contributed by atoms with van der Waals surface area (Å²) >= 11 is 1.45. The van der Waals surface area contributed by atoms with Gasteiger partial charge in [-0.3, -0.25) is 4.79 Å². The summed E-state index contributed by atoms with van der Waals surface area (Å²) in [5, 5.41) is 12.8. The molecule has 0 aliphatic heterocycles. The topological polar surface area (TPSA) is 63.9 Å². The van der Waals surface area contributed by atoms with Gasteiger partial charge in [-0.25, -0.2) is 4.68 Å². The average molecular weight is 359 g/mol. The van der Waals surface area contributed by atoms with E-state index in [2.05, 4.69) is 34.6 Å². The van der Waals surface area contributed by atoms with Crippen molar-refractivity contribution in [2.24, 2.45) is 0 Å². The zero-order chi connectivity index (χ0) is 17.5. The Hall–Kier alpha value is -1.89. The second-order valence-electron chi connectivity index (χ2n) is 6.43. The Morgan fingerprint density at radius 1 is 1.28 bits per heavy atom. The summed E-state index contributed by atoms with van der Waals surface area (Å²) in [6.45, 7) is 3.52. The van der Waals surface area contributed by atoms with E-state index in [1.165, 1.54) is 24.6 Å². The zero-order valence-corrected chi connectivity index (χ0v) is 15.5. The van der Waals surface area contributed by atoms with Gasteiger partial charge in [-0.15, -0.1) is 5.10 Å². The first-order valence-electron chi connectivity index (χ1n) is 9.00. The third-order valence-electron chi connectivity index (χ3n) is 4.52. The van der Waals surface area contributed by atoms with Crippen LogP contribution in [0.3, 0.4) is 0 Å².